The van der Waals surface area contributed by atoms with Gasteiger partial charge in [-0.3, -0.25) is 14.5 Å². The van der Waals surface area contributed by atoms with E-state index in [1.165, 1.54) is 6.26 Å². The fourth-order valence-corrected chi connectivity index (χ4v) is 4.97. The molecule has 0 bridgehead atoms. The van der Waals surface area contributed by atoms with Gasteiger partial charge in [0.15, 0.2) is 0 Å². The molecule has 150 valence electrons. The predicted octanol–water partition coefficient (Wildman–Crippen LogP) is 0.470. The molecule has 2 amide bonds. The minimum atomic E-state index is -2.97. The van der Waals surface area contributed by atoms with Crippen LogP contribution in [0.3, 0.4) is 0 Å². The number of hydrogen-bond acceptors (Lipinski definition) is 6. The third-order valence-corrected chi connectivity index (χ3v) is 7.03. The monoisotopic (exact) mass is 413 g/mol. The largest absolute Gasteiger partial charge is 0.338 e. The van der Waals surface area contributed by atoms with Gasteiger partial charge < -0.3 is 9.80 Å². The molecule has 1 unspecified atom stereocenters. The van der Waals surface area contributed by atoms with Crippen molar-refractivity contribution in [3.63, 3.8) is 0 Å². The van der Waals surface area contributed by atoms with Crippen LogP contribution in [-0.2, 0) is 25.8 Å². The Morgan fingerprint density at radius 2 is 1.93 bits per heavy atom. The van der Waals surface area contributed by atoms with Crippen molar-refractivity contribution in [3.05, 3.63) is 22.4 Å². The van der Waals surface area contributed by atoms with Crippen molar-refractivity contribution >= 4 is 33.0 Å². The highest BCUT2D eigenvalue weighted by Crippen LogP contribution is 2.22. The Kier molecular flexibility index (Phi) is 6.54. The first-order chi connectivity index (χ1) is 12.8. The first-order valence-corrected chi connectivity index (χ1v) is 12.3. The summed E-state index contributed by atoms with van der Waals surface area (Å²) in [6.07, 6.45) is 3.19. The second-order valence-electron chi connectivity index (χ2n) is 7.30. The van der Waals surface area contributed by atoms with Gasteiger partial charge in [0.1, 0.15) is 15.9 Å². The molecule has 3 rings (SSSR count). The van der Waals surface area contributed by atoms with Crippen LogP contribution >= 0.6 is 11.3 Å². The van der Waals surface area contributed by atoms with Crippen LogP contribution in [0.4, 0.5) is 0 Å². The second kappa shape index (κ2) is 8.70. The average Bonchev–Trinajstić information content (AvgIpc) is 3.30. The zero-order valence-electron chi connectivity index (χ0n) is 15.7. The van der Waals surface area contributed by atoms with Crippen LogP contribution in [0.2, 0.25) is 0 Å². The number of amides is 2. The summed E-state index contributed by atoms with van der Waals surface area (Å²) in [5.41, 5.74) is 0. The van der Waals surface area contributed by atoms with E-state index in [2.05, 4.69) is 4.90 Å². The van der Waals surface area contributed by atoms with Crippen LogP contribution < -0.4 is 0 Å². The molecule has 1 atom stereocenters. The molecule has 0 aliphatic carbocycles. The molecule has 1 aromatic rings. The first-order valence-electron chi connectivity index (χ1n) is 9.34. The minimum absolute atomic E-state index is 0.0279. The summed E-state index contributed by atoms with van der Waals surface area (Å²) in [6, 6.07) is 3.54. The molecule has 7 nitrogen and oxygen atoms in total. The maximum atomic E-state index is 13.0. The number of nitrogens with zero attached hydrogens (tertiary/aromatic N) is 3. The Balaban J connectivity index is 1.52. The fourth-order valence-electron chi connectivity index (χ4n) is 3.68. The van der Waals surface area contributed by atoms with Crippen molar-refractivity contribution in [2.45, 2.75) is 25.3 Å². The third-order valence-electron chi connectivity index (χ3n) is 5.23. The van der Waals surface area contributed by atoms with Crippen LogP contribution in [0, 0.1) is 0 Å². The lowest BCUT2D eigenvalue weighted by molar-refractivity contribution is -0.144. The second-order valence-corrected chi connectivity index (χ2v) is 10.6. The van der Waals surface area contributed by atoms with Gasteiger partial charge in [0.05, 0.1) is 12.2 Å². The highest BCUT2D eigenvalue weighted by atomic mass is 32.2. The lowest BCUT2D eigenvalue weighted by Crippen LogP contribution is -2.55. The molecule has 2 aliphatic rings. The molecule has 3 heterocycles. The fraction of sp³-hybridized carbons (Fsp3) is 0.667. The van der Waals surface area contributed by atoms with E-state index in [-0.39, 0.29) is 23.6 Å². The molecule has 2 fully saturated rings. The summed E-state index contributed by atoms with van der Waals surface area (Å²) >= 11 is 1.56. The van der Waals surface area contributed by atoms with E-state index in [1.807, 2.05) is 22.4 Å². The third kappa shape index (κ3) is 5.52. The van der Waals surface area contributed by atoms with E-state index in [0.717, 1.165) is 17.7 Å². The Morgan fingerprint density at radius 3 is 2.56 bits per heavy atom. The molecule has 2 aliphatic heterocycles. The summed E-state index contributed by atoms with van der Waals surface area (Å²) in [5.74, 6) is 0.212. The molecule has 27 heavy (non-hydrogen) atoms. The molecular formula is C18H27N3O4S2. The summed E-state index contributed by atoms with van der Waals surface area (Å²) in [5, 5.41) is 1.96. The molecule has 0 aromatic carbocycles. The molecule has 0 radical (unpaired) electrons. The lowest BCUT2D eigenvalue weighted by Gasteiger charge is -2.37. The van der Waals surface area contributed by atoms with Gasteiger partial charge in [-0.2, -0.15) is 0 Å². The van der Waals surface area contributed by atoms with E-state index >= 15 is 0 Å². The maximum absolute atomic E-state index is 13.0. The highest BCUT2D eigenvalue weighted by Gasteiger charge is 2.37. The van der Waals surface area contributed by atoms with Crippen LogP contribution in [0.1, 0.15) is 17.7 Å². The van der Waals surface area contributed by atoms with Gasteiger partial charge in [0.25, 0.3) is 0 Å². The number of piperazine rings is 1. The maximum Gasteiger partial charge on any atom is 0.245 e. The lowest BCUT2D eigenvalue weighted by atomic mass is 10.1. The number of thiophene rings is 1. The van der Waals surface area contributed by atoms with Crippen molar-refractivity contribution < 1.29 is 18.0 Å². The van der Waals surface area contributed by atoms with E-state index in [0.29, 0.717) is 45.7 Å². The minimum Gasteiger partial charge on any atom is -0.338 e. The summed E-state index contributed by atoms with van der Waals surface area (Å²) in [7, 11) is -2.97. The van der Waals surface area contributed by atoms with Crippen LogP contribution in [0.5, 0.6) is 0 Å². The van der Waals surface area contributed by atoms with Crippen LogP contribution in [0.25, 0.3) is 0 Å². The van der Waals surface area contributed by atoms with E-state index < -0.39 is 9.84 Å². The number of carbonyl (C=O) groups excluding carboxylic acids is 2. The van der Waals surface area contributed by atoms with Crippen molar-refractivity contribution in [2.75, 3.05) is 51.3 Å². The van der Waals surface area contributed by atoms with Crippen molar-refractivity contribution in [1.29, 1.82) is 0 Å². The van der Waals surface area contributed by atoms with Gasteiger partial charge in [-0.1, -0.05) is 6.07 Å². The number of likely N-dealkylation sites (tertiary alicyclic amines) is 1. The Labute approximate surface area is 164 Å². The smallest absolute Gasteiger partial charge is 0.245 e. The molecule has 2 saturated heterocycles. The zero-order valence-corrected chi connectivity index (χ0v) is 17.3. The predicted molar refractivity (Wildman–Crippen MR) is 105 cm³/mol. The zero-order chi connectivity index (χ0) is 19.4. The van der Waals surface area contributed by atoms with Crippen LogP contribution in [0.15, 0.2) is 17.5 Å². The van der Waals surface area contributed by atoms with Crippen LogP contribution in [-0.4, -0.2) is 92.3 Å². The van der Waals surface area contributed by atoms with Gasteiger partial charge in [0.2, 0.25) is 11.8 Å². The average molecular weight is 414 g/mol. The SMILES string of the molecule is CS(=O)(=O)CCN1CCN(C(=O)C2CCCN2C(=O)Cc2cccs2)CC1. The van der Waals surface area contributed by atoms with Gasteiger partial charge in [-0.15, -0.1) is 11.3 Å². The molecule has 0 saturated carbocycles. The van der Waals surface area contributed by atoms with E-state index in [9.17, 15) is 18.0 Å². The number of carbonyl (C=O) groups is 2. The van der Waals surface area contributed by atoms with Gasteiger partial charge in [0, 0.05) is 50.4 Å². The quantitative estimate of drug-likeness (QED) is 0.678. The standard InChI is InChI=1S/C18H27N3O4S2/c1-27(24,25)13-11-19-7-9-20(10-8-19)18(23)16-5-2-6-21(16)17(22)14-15-4-3-12-26-15/h3-4,12,16H,2,5-11,13-14H2,1H3. The van der Waals surface area contributed by atoms with Gasteiger partial charge in [-0.05, 0) is 24.3 Å². The summed E-state index contributed by atoms with van der Waals surface area (Å²) < 4.78 is 22.6. The van der Waals surface area contributed by atoms with Gasteiger partial charge in [-0.25, -0.2) is 8.42 Å². The van der Waals surface area contributed by atoms with E-state index in [4.69, 9.17) is 0 Å². The van der Waals surface area contributed by atoms with Crippen molar-refractivity contribution in [3.8, 4) is 0 Å². The Hall–Kier alpha value is -1.45. The first kappa shape index (κ1) is 20.3. The highest BCUT2D eigenvalue weighted by molar-refractivity contribution is 7.90. The molecule has 0 N–H and O–H groups in total. The number of hydrogen-bond donors (Lipinski definition) is 0. The van der Waals surface area contributed by atoms with Gasteiger partial charge >= 0.3 is 0 Å². The summed E-state index contributed by atoms with van der Waals surface area (Å²) in [6.45, 7) is 3.69. The summed E-state index contributed by atoms with van der Waals surface area (Å²) in [4.78, 5) is 32.3. The molecule has 9 heteroatoms. The Bertz CT molecular complexity index is 756. The number of rotatable bonds is 6. The number of sulfone groups is 1. The van der Waals surface area contributed by atoms with Crippen molar-refractivity contribution in [1.82, 2.24) is 14.7 Å². The molecule has 1 aromatic heterocycles. The van der Waals surface area contributed by atoms with Crippen molar-refractivity contribution in [2.24, 2.45) is 0 Å². The normalized spacial score (nSPS) is 21.6. The molecule has 0 spiro atoms. The topological polar surface area (TPSA) is 78.0 Å². The molecular weight excluding hydrogens is 386 g/mol. The Morgan fingerprint density at radius 1 is 1.19 bits per heavy atom. The van der Waals surface area contributed by atoms with E-state index in [1.54, 1.807) is 16.2 Å².